The van der Waals surface area contributed by atoms with Gasteiger partial charge in [0.25, 0.3) is 0 Å². The van der Waals surface area contributed by atoms with E-state index in [-0.39, 0.29) is 5.60 Å². The number of aryl methyl sites for hydroxylation is 1. The third-order valence-corrected chi connectivity index (χ3v) is 2.77. The summed E-state index contributed by atoms with van der Waals surface area (Å²) in [4.78, 5) is 4.40. The van der Waals surface area contributed by atoms with Gasteiger partial charge in [0, 0.05) is 19.3 Å². The van der Waals surface area contributed by atoms with Gasteiger partial charge in [-0.1, -0.05) is 6.07 Å². The Hall–Kier alpha value is -1.62. The molecule has 0 unspecified atom stereocenters. The van der Waals surface area contributed by atoms with Crippen LogP contribution in [0.5, 0.6) is 0 Å². The van der Waals surface area contributed by atoms with Gasteiger partial charge in [-0.05, 0) is 32.9 Å². The molecule has 2 aromatic rings. The minimum absolute atomic E-state index is 0.230. The lowest BCUT2D eigenvalue weighted by atomic mass is 10.1. The molecule has 0 aromatic carbocycles. The first-order valence-corrected chi connectivity index (χ1v) is 5.63. The van der Waals surface area contributed by atoms with Gasteiger partial charge in [-0.3, -0.25) is 0 Å². The van der Waals surface area contributed by atoms with E-state index >= 15 is 0 Å². The zero-order valence-corrected chi connectivity index (χ0v) is 10.7. The summed E-state index contributed by atoms with van der Waals surface area (Å²) < 4.78 is 7.15. The quantitative estimate of drug-likeness (QED) is 0.877. The standard InChI is InChI=1S/C12H18N4O/c1-9-6-5-7-10-14-11(15-16(9)10)13-8-12(2,3)17-4/h5-7H,8H2,1-4H3,(H,13,15). The second-order valence-corrected chi connectivity index (χ2v) is 4.69. The van der Waals surface area contributed by atoms with Crippen LogP contribution in [-0.4, -0.2) is 33.9 Å². The molecule has 1 N–H and O–H groups in total. The average molecular weight is 234 g/mol. The third kappa shape index (κ3) is 2.55. The topological polar surface area (TPSA) is 51.5 Å². The van der Waals surface area contributed by atoms with E-state index in [0.717, 1.165) is 11.3 Å². The van der Waals surface area contributed by atoms with Crippen LogP contribution < -0.4 is 5.32 Å². The van der Waals surface area contributed by atoms with Crippen LogP contribution in [0.3, 0.4) is 0 Å². The molecule has 0 amide bonds. The van der Waals surface area contributed by atoms with Gasteiger partial charge < -0.3 is 10.1 Å². The van der Waals surface area contributed by atoms with Crippen LogP contribution in [0, 0.1) is 6.92 Å². The molecule has 2 rings (SSSR count). The molecule has 0 spiro atoms. The Morgan fingerprint density at radius 2 is 2.18 bits per heavy atom. The zero-order chi connectivity index (χ0) is 12.5. The van der Waals surface area contributed by atoms with Gasteiger partial charge in [-0.15, -0.1) is 5.10 Å². The molecule has 2 heterocycles. The SMILES string of the molecule is COC(C)(C)CNc1nc2cccc(C)n2n1. The van der Waals surface area contributed by atoms with Crippen molar-refractivity contribution < 1.29 is 4.74 Å². The molecule has 0 bridgehead atoms. The molecule has 0 aliphatic carbocycles. The molecule has 0 atom stereocenters. The lowest BCUT2D eigenvalue weighted by molar-refractivity contribution is 0.0342. The van der Waals surface area contributed by atoms with Crippen LogP contribution in [0.1, 0.15) is 19.5 Å². The van der Waals surface area contributed by atoms with Crippen molar-refractivity contribution in [3.63, 3.8) is 0 Å². The number of hydrogen-bond donors (Lipinski definition) is 1. The number of fused-ring (bicyclic) bond motifs is 1. The van der Waals surface area contributed by atoms with E-state index in [1.165, 1.54) is 0 Å². The molecule has 5 heteroatoms. The summed E-state index contributed by atoms with van der Waals surface area (Å²) in [6, 6.07) is 5.92. The highest BCUT2D eigenvalue weighted by molar-refractivity contribution is 5.44. The summed E-state index contributed by atoms with van der Waals surface area (Å²) in [6.07, 6.45) is 0. The summed E-state index contributed by atoms with van der Waals surface area (Å²) in [5, 5.41) is 7.57. The lowest BCUT2D eigenvalue weighted by Gasteiger charge is -2.22. The molecule has 0 aliphatic heterocycles. The number of nitrogens with zero attached hydrogens (tertiary/aromatic N) is 3. The number of aromatic nitrogens is 3. The molecule has 92 valence electrons. The number of ether oxygens (including phenoxy) is 1. The van der Waals surface area contributed by atoms with Crippen LogP contribution in [0.4, 0.5) is 5.95 Å². The highest BCUT2D eigenvalue weighted by atomic mass is 16.5. The third-order valence-electron chi connectivity index (χ3n) is 2.77. The van der Waals surface area contributed by atoms with Crippen molar-refractivity contribution >= 4 is 11.6 Å². The number of hydrogen-bond acceptors (Lipinski definition) is 4. The molecule has 2 aromatic heterocycles. The van der Waals surface area contributed by atoms with E-state index in [9.17, 15) is 0 Å². The van der Waals surface area contributed by atoms with Gasteiger partial charge in [0.15, 0.2) is 5.65 Å². The van der Waals surface area contributed by atoms with E-state index in [0.29, 0.717) is 12.5 Å². The maximum atomic E-state index is 5.33. The molecule has 5 nitrogen and oxygen atoms in total. The fraction of sp³-hybridized carbons (Fsp3) is 0.500. The van der Waals surface area contributed by atoms with Crippen molar-refractivity contribution in [3.8, 4) is 0 Å². The molecule has 0 fully saturated rings. The first-order chi connectivity index (χ1) is 8.02. The Kier molecular flexibility index (Phi) is 3.02. The maximum absolute atomic E-state index is 5.33. The Bertz CT molecular complexity index is 518. The monoisotopic (exact) mass is 234 g/mol. The van der Waals surface area contributed by atoms with E-state index in [1.54, 1.807) is 7.11 Å². The Balaban J connectivity index is 2.18. The summed E-state index contributed by atoms with van der Waals surface area (Å²) >= 11 is 0. The Morgan fingerprint density at radius 3 is 2.82 bits per heavy atom. The van der Waals surface area contributed by atoms with E-state index in [4.69, 9.17) is 4.74 Å². The summed E-state index contributed by atoms with van der Waals surface area (Å²) in [5.74, 6) is 0.629. The summed E-state index contributed by atoms with van der Waals surface area (Å²) in [6.45, 7) is 6.70. The zero-order valence-electron chi connectivity index (χ0n) is 10.7. The fourth-order valence-electron chi connectivity index (χ4n) is 1.47. The van der Waals surface area contributed by atoms with Crippen LogP contribution in [0.25, 0.3) is 5.65 Å². The average Bonchev–Trinajstić information content (AvgIpc) is 2.71. The first kappa shape index (κ1) is 11.9. The van der Waals surface area contributed by atoms with Crippen LogP contribution >= 0.6 is 0 Å². The van der Waals surface area contributed by atoms with Crippen LogP contribution in [-0.2, 0) is 4.74 Å². The number of methoxy groups -OCH3 is 1. The second kappa shape index (κ2) is 4.33. The minimum Gasteiger partial charge on any atom is -0.377 e. The van der Waals surface area contributed by atoms with Crippen molar-refractivity contribution in [1.29, 1.82) is 0 Å². The van der Waals surface area contributed by atoms with E-state index < -0.39 is 0 Å². The predicted molar refractivity (Wildman–Crippen MR) is 67.3 cm³/mol. The molecule has 0 saturated heterocycles. The lowest BCUT2D eigenvalue weighted by Crippen LogP contribution is -2.32. The van der Waals surface area contributed by atoms with Crippen molar-refractivity contribution in [3.05, 3.63) is 23.9 Å². The number of rotatable bonds is 4. The fourth-order valence-corrected chi connectivity index (χ4v) is 1.47. The normalized spacial score (nSPS) is 12.0. The van der Waals surface area contributed by atoms with Gasteiger partial charge in [0.1, 0.15) is 0 Å². The summed E-state index contributed by atoms with van der Waals surface area (Å²) in [5.41, 5.74) is 1.68. The number of anilines is 1. The molecule has 0 radical (unpaired) electrons. The van der Waals surface area contributed by atoms with E-state index in [2.05, 4.69) is 15.4 Å². The van der Waals surface area contributed by atoms with Gasteiger partial charge in [-0.2, -0.15) is 4.98 Å². The van der Waals surface area contributed by atoms with Crippen molar-refractivity contribution in [2.45, 2.75) is 26.4 Å². The van der Waals surface area contributed by atoms with Crippen molar-refractivity contribution in [2.24, 2.45) is 0 Å². The Morgan fingerprint density at radius 1 is 1.41 bits per heavy atom. The highest BCUT2D eigenvalue weighted by Crippen LogP contribution is 2.11. The molecular formula is C12H18N4O. The van der Waals surface area contributed by atoms with Crippen LogP contribution in [0.2, 0.25) is 0 Å². The highest BCUT2D eigenvalue weighted by Gasteiger charge is 2.16. The summed E-state index contributed by atoms with van der Waals surface area (Å²) in [7, 11) is 1.70. The molecule has 0 saturated carbocycles. The Labute approximate surface area is 101 Å². The second-order valence-electron chi connectivity index (χ2n) is 4.69. The van der Waals surface area contributed by atoms with Gasteiger partial charge >= 0.3 is 0 Å². The first-order valence-electron chi connectivity index (χ1n) is 5.63. The smallest absolute Gasteiger partial charge is 0.243 e. The largest absolute Gasteiger partial charge is 0.377 e. The van der Waals surface area contributed by atoms with Gasteiger partial charge in [0.05, 0.1) is 5.60 Å². The molecule has 17 heavy (non-hydrogen) atoms. The number of pyridine rings is 1. The van der Waals surface area contributed by atoms with E-state index in [1.807, 2.05) is 43.5 Å². The number of nitrogens with one attached hydrogen (secondary N) is 1. The predicted octanol–water partition coefficient (Wildman–Crippen LogP) is 1.87. The maximum Gasteiger partial charge on any atom is 0.243 e. The molecular weight excluding hydrogens is 216 g/mol. The van der Waals surface area contributed by atoms with Gasteiger partial charge in [0.2, 0.25) is 5.95 Å². The van der Waals surface area contributed by atoms with Crippen molar-refractivity contribution in [1.82, 2.24) is 14.6 Å². The molecule has 0 aliphatic rings. The minimum atomic E-state index is -0.230. The van der Waals surface area contributed by atoms with Gasteiger partial charge in [-0.25, -0.2) is 4.52 Å². The van der Waals surface area contributed by atoms with Crippen molar-refractivity contribution in [2.75, 3.05) is 19.0 Å². The van der Waals surface area contributed by atoms with Crippen LogP contribution in [0.15, 0.2) is 18.2 Å².